The van der Waals surface area contributed by atoms with Crippen LogP contribution in [0.15, 0.2) is 42.7 Å². The second-order valence-corrected chi connectivity index (χ2v) is 4.89. The first-order valence-corrected chi connectivity index (χ1v) is 6.99. The number of nitrogens with zero attached hydrogens (tertiary/aromatic N) is 4. The molecule has 26 heavy (non-hydrogen) atoms. The third-order valence-electron chi connectivity index (χ3n) is 2.95. The molecule has 0 bridgehead atoms. The molecule has 11 heteroatoms. The van der Waals surface area contributed by atoms with Crippen LogP contribution in [-0.2, 0) is 11.8 Å². The molecule has 0 saturated carbocycles. The maximum atomic E-state index is 12.1. The summed E-state index contributed by atoms with van der Waals surface area (Å²) in [5, 5.41) is 18.6. The number of carboxylic acids is 1. The number of pyridine rings is 1. The number of carboxylic acid groups (broad SMARTS) is 1. The summed E-state index contributed by atoms with van der Waals surface area (Å²) in [6.07, 6.45) is -1.86. The lowest BCUT2D eigenvalue weighted by Crippen LogP contribution is -2.21. The van der Waals surface area contributed by atoms with Gasteiger partial charge in [-0.05, 0) is 24.3 Å². The first-order chi connectivity index (χ1) is 12.2. The van der Waals surface area contributed by atoms with Gasteiger partial charge in [0.05, 0.1) is 11.7 Å². The Bertz CT molecular complexity index is 939. The Hall–Kier alpha value is -3.50. The van der Waals surface area contributed by atoms with Crippen molar-refractivity contribution in [3.8, 4) is 0 Å². The first kappa shape index (κ1) is 18.8. The molecule has 0 aliphatic heterocycles. The van der Waals surface area contributed by atoms with Crippen LogP contribution in [0.1, 0.15) is 10.4 Å². The zero-order chi connectivity index (χ0) is 19.3. The molecule has 8 nitrogen and oxygen atoms in total. The summed E-state index contributed by atoms with van der Waals surface area (Å²) in [6, 6.07) is 9.12. The lowest BCUT2D eigenvalue weighted by Gasteiger charge is -2.03. The van der Waals surface area contributed by atoms with Crippen molar-refractivity contribution < 1.29 is 27.9 Å². The summed E-state index contributed by atoms with van der Waals surface area (Å²) in [7, 11) is 1.69. The van der Waals surface area contributed by atoms with E-state index >= 15 is 0 Å². The van der Waals surface area contributed by atoms with Crippen molar-refractivity contribution in [1.82, 2.24) is 20.0 Å². The molecule has 3 rings (SSSR count). The highest BCUT2D eigenvalue weighted by atomic mass is 19.4. The Morgan fingerprint density at radius 2 is 1.92 bits per heavy atom. The number of hydrogen-bond donors (Lipinski definition) is 2. The average molecular weight is 367 g/mol. The number of alkyl halides is 3. The Labute approximate surface area is 144 Å². The Morgan fingerprint density at radius 3 is 2.50 bits per heavy atom. The van der Waals surface area contributed by atoms with E-state index in [1.165, 1.54) is 11.0 Å². The van der Waals surface area contributed by atoms with Gasteiger partial charge < -0.3 is 10.4 Å². The summed E-state index contributed by atoms with van der Waals surface area (Å²) in [6.45, 7) is 0. The molecule has 0 unspecified atom stereocenters. The van der Waals surface area contributed by atoms with E-state index in [4.69, 9.17) is 9.90 Å². The Kier molecular flexibility index (Phi) is 5.50. The number of aliphatic carboxylic acids is 1. The van der Waals surface area contributed by atoms with Gasteiger partial charge in [-0.1, -0.05) is 6.07 Å². The van der Waals surface area contributed by atoms with Crippen molar-refractivity contribution in [2.45, 2.75) is 6.18 Å². The zero-order valence-electron chi connectivity index (χ0n) is 13.2. The van der Waals surface area contributed by atoms with Crippen LogP contribution in [0.5, 0.6) is 0 Å². The van der Waals surface area contributed by atoms with E-state index in [9.17, 15) is 18.0 Å². The summed E-state index contributed by atoms with van der Waals surface area (Å²) in [4.78, 5) is 26.6. The Morgan fingerprint density at radius 1 is 1.23 bits per heavy atom. The molecule has 1 aromatic carbocycles. The number of benzene rings is 1. The van der Waals surface area contributed by atoms with Crippen molar-refractivity contribution in [1.29, 1.82) is 0 Å². The molecule has 0 spiro atoms. The predicted molar refractivity (Wildman–Crippen MR) is 84.4 cm³/mol. The van der Waals surface area contributed by atoms with Crippen molar-refractivity contribution in [3.05, 3.63) is 48.3 Å². The number of nitrogens with one attached hydrogen (secondary N) is 1. The lowest BCUT2D eigenvalue weighted by molar-refractivity contribution is -0.192. The van der Waals surface area contributed by atoms with Gasteiger partial charge in [0.15, 0.2) is 5.82 Å². The van der Waals surface area contributed by atoms with Crippen molar-refractivity contribution >= 4 is 28.6 Å². The smallest absolute Gasteiger partial charge is 0.475 e. The topological polar surface area (TPSA) is 110 Å². The van der Waals surface area contributed by atoms with E-state index in [1.54, 1.807) is 25.4 Å². The largest absolute Gasteiger partial charge is 0.490 e. The van der Waals surface area contributed by atoms with Crippen LogP contribution < -0.4 is 5.32 Å². The van der Waals surface area contributed by atoms with E-state index in [0.717, 1.165) is 10.9 Å². The molecule has 1 amide bonds. The van der Waals surface area contributed by atoms with E-state index in [1.807, 2.05) is 18.2 Å². The number of aromatic nitrogens is 4. The fraction of sp³-hybridized carbons (Fsp3) is 0.133. The highest BCUT2D eigenvalue weighted by Gasteiger charge is 2.38. The normalized spacial score (nSPS) is 10.8. The fourth-order valence-electron chi connectivity index (χ4n) is 1.81. The van der Waals surface area contributed by atoms with Crippen LogP contribution in [0.25, 0.3) is 10.9 Å². The summed E-state index contributed by atoms with van der Waals surface area (Å²) in [5.41, 5.74) is 1.42. The quantitative estimate of drug-likeness (QED) is 0.719. The number of fused-ring (bicyclic) bond motifs is 1. The molecule has 2 heterocycles. The third kappa shape index (κ3) is 5.00. The molecule has 0 fully saturated rings. The van der Waals surface area contributed by atoms with E-state index in [2.05, 4.69) is 20.5 Å². The number of aryl methyl sites for hydroxylation is 1. The molecule has 0 saturated heterocycles. The Balaban J connectivity index is 0.000000298. The van der Waals surface area contributed by atoms with Crippen LogP contribution in [-0.4, -0.2) is 43.1 Å². The van der Waals surface area contributed by atoms with Gasteiger partial charge in [-0.2, -0.15) is 23.1 Å². The molecular formula is C15H12F3N5O3. The molecule has 136 valence electrons. The second-order valence-electron chi connectivity index (χ2n) is 4.89. The van der Waals surface area contributed by atoms with E-state index in [0.29, 0.717) is 11.4 Å². The van der Waals surface area contributed by atoms with Crippen molar-refractivity contribution in [3.63, 3.8) is 0 Å². The SMILES string of the molecule is Cn1ncc(NC(=O)c2ccc3ncccc3c2)n1.O=C(O)C(F)(F)F. The minimum atomic E-state index is -5.08. The fourth-order valence-corrected chi connectivity index (χ4v) is 1.81. The molecule has 3 aromatic rings. The van der Waals surface area contributed by atoms with E-state index in [-0.39, 0.29) is 5.91 Å². The number of rotatable bonds is 2. The van der Waals surface area contributed by atoms with Gasteiger partial charge in [0.1, 0.15) is 0 Å². The molecule has 0 aliphatic carbocycles. The summed E-state index contributed by atoms with van der Waals surface area (Å²) >= 11 is 0. The number of carbonyl (C=O) groups is 2. The number of anilines is 1. The number of carbonyl (C=O) groups excluding carboxylic acids is 1. The van der Waals surface area contributed by atoms with Gasteiger partial charge in [-0.15, -0.1) is 5.10 Å². The first-order valence-electron chi connectivity index (χ1n) is 6.99. The molecule has 2 N–H and O–H groups in total. The van der Waals surface area contributed by atoms with Gasteiger partial charge in [0.25, 0.3) is 5.91 Å². The van der Waals surface area contributed by atoms with Crippen LogP contribution in [0, 0.1) is 0 Å². The third-order valence-corrected chi connectivity index (χ3v) is 2.95. The second kappa shape index (κ2) is 7.59. The van der Waals surface area contributed by atoms with Gasteiger partial charge in [0, 0.05) is 24.2 Å². The highest BCUT2D eigenvalue weighted by Crippen LogP contribution is 2.14. The van der Waals surface area contributed by atoms with Gasteiger partial charge in [-0.3, -0.25) is 9.78 Å². The minimum absolute atomic E-state index is 0.216. The number of hydrogen-bond acceptors (Lipinski definition) is 5. The molecule has 2 aromatic heterocycles. The average Bonchev–Trinajstić information content (AvgIpc) is 2.99. The van der Waals surface area contributed by atoms with E-state index < -0.39 is 12.1 Å². The summed E-state index contributed by atoms with van der Waals surface area (Å²) in [5.74, 6) is -2.54. The minimum Gasteiger partial charge on any atom is -0.475 e. The van der Waals surface area contributed by atoms with Crippen LogP contribution in [0.3, 0.4) is 0 Å². The van der Waals surface area contributed by atoms with Crippen molar-refractivity contribution in [2.24, 2.45) is 7.05 Å². The van der Waals surface area contributed by atoms with Gasteiger partial charge in [-0.25, -0.2) is 4.79 Å². The van der Waals surface area contributed by atoms with Crippen LogP contribution >= 0.6 is 0 Å². The van der Waals surface area contributed by atoms with Crippen LogP contribution in [0.4, 0.5) is 19.0 Å². The highest BCUT2D eigenvalue weighted by molar-refractivity contribution is 6.05. The zero-order valence-corrected chi connectivity index (χ0v) is 13.2. The lowest BCUT2D eigenvalue weighted by atomic mass is 10.1. The van der Waals surface area contributed by atoms with Crippen molar-refractivity contribution in [2.75, 3.05) is 5.32 Å². The maximum Gasteiger partial charge on any atom is 0.490 e. The molecule has 0 atom stereocenters. The maximum absolute atomic E-state index is 12.1. The van der Waals surface area contributed by atoms with Gasteiger partial charge in [0.2, 0.25) is 0 Å². The number of halogens is 3. The standard InChI is InChI=1S/C13H11N5O.C2HF3O2/c1-18-15-8-12(17-18)16-13(19)10-4-5-11-9(7-10)3-2-6-14-11;3-2(4,5)1(6)7/h2-8H,1H3,(H,16,17,19);(H,6,7). The monoisotopic (exact) mass is 367 g/mol. The van der Waals surface area contributed by atoms with Crippen LogP contribution in [0.2, 0.25) is 0 Å². The molecule has 0 aliphatic rings. The molecular weight excluding hydrogens is 355 g/mol. The summed E-state index contributed by atoms with van der Waals surface area (Å²) < 4.78 is 31.7. The molecule has 0 radical (unpaired) electrons. The number of amides is 1. The predicted octanol–water partition coefficient (Wildman–Crippen LogP) is 2.25. The van der Waals surface area contributed by atoms with Gasteiger partial charge >= 0.3 is 12.1 Å².